The van der Waals surface area contributed by atoms with Gasteiger partial charge >= 0.3 is 0 Å². The van der Waals surface area contributed by atoms with Crippen molar-refractivity contribution in [1.29, 1.82) is 0 Å². The van der Waals surface area contributed by atoms with Crippen LogP contribution in [0.15, 0.2) is 29.3 Å². The maximum atomic E-state index is 5.96. The predicted octanol–water partition coefficient (Wildman–Crippen LogP) is 3.68. The van der Waals surface area contributed by atoms with Gasteiger partial charge in [-0.15, -0.1) is 24.0 Å². The number of hydrogen-bond donors (Lipinski definition) is 1. The van der Waals surface area contributed by atoms with Gasteiger partial charge in [-0.2, -0.15) is 0 Å². The Bertz CT molecular complexity index is 571. The largest absolute Gasteiger partial charge is 0.492 e. The van der Waals surface area contributed by atoms with Crippen molar-refractivity contribution in [3.8, 4) is 5.75 Å². The van der Waals surface area contributed by atoms with E-state index in [9.17, 15) is 0 Å². The highest BCUT2D eigenvalue weighted by molar-refractivity contribution is 14.0. The van der Waals surface area contributed by atoms with Crippen LogP contribution < -0.4 is 10.1 Å². The van der Waals surface area contributed by atoms with E-state index in [0.29, 0.717) is 17.5 Å². The Morgan fingerprint density at radius 2 is 2.11 bits per heavy atom. The van der Waals surface area contributed by atoms with Crippen molar-refractivity contribution in [3.05, 3.63) is 29.3 Å². The molecular formula is C20H33ClIN3O3. The standard InChI is InChI=1S/C20H32ClN3O3.HI/c1-22-20(23-9-4-11-26-16-17-7-12-25-13-8-17)24(2)10-14-27-19-6-3-5-18(21)15-19;/h3,5-6,15,17H,4,7-14,16H2,1-2H3,(H,22,23);1H. The molecule has 1 N–H and O–H groups in total. The lowest BCUT2D eigenvalue weighted by Gasteiger charge is -2.23. The molecule has 1 aliphatic heterocycles. The molecule has 0 aromatic heterocycles. The van der Waals surface area contributed by atoms with E-state index < -0.39 is 0 Å². The van der Waals surface area contributed by atoms with E-state index in [1.165, 1.54) is 0 Å². The van der Waals surface area contributed by atoms with Gasteiger partial charge in [0.1, 0.15) is 12.4 Å². The Labute approximate surface area is 191 Å². The van der Waals surface area contributed by atoms with Crippen molar-refractivity contribution < 1.29 is 14.2 Å². The fourth-order valence-corrected chi connectivity index (χ4v) is 3.07. The molecule has 1 aromatic carbocycles. The van der Waals surface area contributed by atoms with Crippen molar-refractivity contribution in [2.45, 2.75) is 19.3 Å². The zero-order valence-electron chi connectivity index (χ0n) is 16.9. The summed E-state index contributed by atoms with van der Waals surface area (Å²) in [6.07, 6.45) is 3.19. The van der Waals surface area contributed by atoms with Gasteiger partial charge in [0.2, 0.25) is 0 Å². The van der Waals surface area contributed by atoms with Gasteiger partial charge in [-0.25, -0.2) is 0 Å². The summed E-state index contributed by atoms with van der Waals surface area (Å²) in [6.45, 7) is 5.48. The molecule has 0 bridgehead atoms. The number of guanidine groups is 1. The topological polar surface area (TPSA) is 55.3 Å². The molecule has 160 valence electrons. The number of halogens is 2. The van der Waals surface area contributed by atoms with Gasteiger partial charge < -0.3 is 24.4 Å². The average molecular weight is 526 g/mol. The third kappa shape index (κ3) is 10.1. The Kier molecular flexibility index (Phi) is 13.6. The van der Waals surface area contributed by atoms with Crippen LogP contribution in [-0.2, 0) is 9.47 Å². The molecule has 1 saturated heterocycles. The summed E-state index contributed by atoms with van der Waals surface area (Å²) in [4.78, 5) is 6.37. The number of nitrogens with zero attached hydrogens (tertiary/aromatic N) is 2. The molecule has 1 fully saturated rings. The van der Waals surface area contributed by atoms with Crippen LogP contribution in [0.1, 0.15) is 19.3 Å². The van der Waals surface area contributed by atoms with E-state index in [1.54, 1.807) is 7.05 Å². The van der Waals surface area contributed by atoms with E-state index in [0.717, 1.165) is 70.5 Å². The number of rotatable bonds is 10. The molecule has 1 heterocycles. The predicted molar refractivity (Wildman–Crippen MR) is 125 cm³/mol. The lowest BCUT2D eigenvalue weighted by Crippen LogP contribution is -2.41. The van der Waals surface area contributed by atoms with Crippen LogP contribution >= 0.6 is 35.6 Å². The summed E-state index contributed by atoms with van der Waals surface area (Å²) < 4.78 is 16.9. The maximum Gasteiger partial charge on any atom is 0.193 e. The Hall–Kier alpha value is -0.770. The van der Waals surface area contributed by atoms with Crippen LogP contribution in [0.3, 0.4) is 0 Å². The molecule has 0 spiro atoms. The third-order valence-electron chi connectivity index (χ3n) is 4.51. The minimum absolute atomic E-state index is 0. The zero-order valence-corrected chi connectivity index (χ0v) is 19.9. The van der Waals surface area contributed by atoms with Crippen LogP contribution in [0, 0.1) is 5.92 Å². The summed E-state index contributed by atoms with van der Waals surface area (Å²) in [5, 5.41) is 4.04. The SMILES string of the molecule is CN=C(NCCCOCC1CCOCC1)N(C)CCOc1cccc(Cl)c1.I. The van der Waals surface area contributed by atoms with Crippen LogP contribution in [-0.4, -0.2) is 71.1 Å². The number of ether oxygens (including phenoxy) is 3. The number of benzene rings is 1. The first-order chi connectivity index (χ1) is 13.2. The minimum atomic E-state index is 0. The summed E-state index contributed by atoms with van der Waals surface area (Å²) in [5.74, 6) is 2.29. The van der Waals surface area contributed by atoms with Gasteiger partial charge in [-0.3, -0.25) is 4.99 Å². The van der Waals surface area contributed by atoms with Crippen LogP contribution in [0.5, 0.6) is 5.75 Å². The molecular weight excluding hydrogens is 493 g/mol. The lowest BCUT2D eigenvalue weighted by molar-refractivity contribution is 0.0203. The molecule has 6 nitrogen and oxygen atoms in total. The van der Waals surface area contributed by atoms with Crippen LogP contribution in [0.25, 0.3) is 0 Å². The van der Waals surface area contributed by atoms with Gasteiger partial charge in [0.25, 0.3) is 0 Å². The molecule has 2 rings (SSSR count). The molecule has 28 heavy (non-hydrogen) atoms. The molecule has 0 saturated carbocycles. The smallest absolute Gasteiger partial charge is 0.193 e. The minimum Gasteiger partial charge on any atom is -0.492 e. The van der Waals surface area contributed by atoms with Gasteiger partial charge in [0.05, 0.1) is 6.54 Å². The zero-order chi connectivity index (χ0) is 19.3. The fraction of sp³-hybridized carbons (Fsp3) is 0.650. The monoisotopic (exact) mass is 525 g/mol. The highest BCUT2D eigenvalue weighted by atomic mass is 127. The Morgan fingerprint density at radius 3 is 2.82 bits per heavy atom. The van der Waals surface area contributed by atoms with Crippen molar-refractivity contribution in [2.75, 3.05) is 60.2 Å². The average Bonchev–Trinajstić information content (AvgIpc) is 2.68. The van der Waals surface area contributed by atoms with Gasteiger partial charge in [0, 0.05) is 52.1 Å². The van der Waals surface area contributed by atoms with Gasteiger partial charge in [0.15, 0.2) is 5.96 Å². The second-order valence-corrected chi connectivity index (χ2v) is 7.12. The summed E-state index contributed by atoms with van der Waals surface area (Å²) in [6, 6.07) is 7.43. The molecule has 8 heteroatoms. The first kappa shape index (κ1) is 25.3. The number of hydrogen-bond acceptors (Lipinski definition) is 4. The van der Waals surface area contributed by atoms with Crippen LogP contribution in [0.2, 0.25) is 5.02 Å². The molecule has 0 amide bonds. The Morgan fingerprint density at radius 1 is 1.32 bits per heavy atom. The number of aliphatic imine (C=N–C) groups is 1. The van der Waals surface area contributed by atoms with E-state index >= 15 is 0 Å². The van der Waals surface area contributed by atoms with E-state index in [-0.39, 0.29) is 24.0 Å². The summed E-state index contributed by atoms with van der Waals surface area (Å²) in [5.41, 5.74) is 0. The lowest BCUT2D eigenvalue weighted by atomic mass is 10.0. The molecule has 0 aliphatic carbocycles. The molecule has 1 aliphatic rings. The normalized spacial score (nSPS) is 15.0. The van der Waals surface area contributed by atoms with E-state index in [1.807, 2.05) is 36.2 Å². The maximum absolute atomic E-state index is 5.96. The molecule has 0 radical (unpaired) electrons. The van der Waals surface area contributed by atoms with Crippen LogP contribution in [0.4, 0.5) is 0 Å². The third-order valence-corrected chi connectivity index (χ3v) is 4.74. The second kappa shape index (κ2) is 15.1. The first-order valence-corrected chi connectivity index (χ1v) is 10.0. The number of nitrogens with one attached hydrogen (secondary N) is 1. The summed E-state index contributed by atoms with van der Waals surface area (Å²) in [7, 11) is 3.79. The highest BCUT2D eigenvalue weighted by Crippen LogP contribution is 2.17. The highest BCUT2D eigenvalue weighted by Gasteiger charge is 2.13. The molecule has 0 unspecified atom stereocenters. The van der Waals surface area contributed by atoms with Gasteiger partial charge in [-0.05, 0) is 43.4 Å². The fourth-order valence-electron chi connectivity index (χ4n) is 2.89. The number of likely N-dealkylation sites (N-methyl/N-ethyl adjacent to an activating group) is 1. The molecule has 0 atom stereocenters. The summed E-state index contributed by atoms with van der Waals surface area (Å²) >= 11 is 5.96. The van der Waals surface area contributed by atoms with Crippen molar-refractivity contribution in [2.24, 2.45) is 10.9 Å². The Balaban J connectivity index is 0.00000392. The van der Waals surface area contributed by atoms with E-state index in [4.69, 9.17) is 25.8 Å². The second-order valence-electron chi connectivity index (χ2n) is 6.69. The molecule has 1 aromatic rings. The van der Waals surface area contributed by atoms with Crippen molar-refractivity contribution in [3.63, 3.8) is 0 Å². The van der Waals surface area contributed by atoms with Crippen molar-refractivity contribution in [1.82, 2.24) is 10.2 Å². The van der Waals surface area contributed by atoms with E-state index in [2.05, 4.69) is 10.3 Å². The quantitative estimate of drug-likeness (QED) is 0.219. The van der Waals surface area contributed by atoms with Gasteiger partial charge in [-0.1, -0.05) is 17.7 Å². The van der Waals surface area contributed by atoms with Crippen molar-refractivity contribution >= 4 is 41.5 Å². The first-order valence-electron chi connectivity index (χ1n) is 9.64.